The molecule has 4 heteroatoms. The Hall–Kier alpha value is -7.30. The molecule has 0 saturated heterocycles. The Morgan fingerprint density at radius 2 is 0.982 bits per heavy atom. The van der Waals surface area contributed by atoms with Crippen LogP contribution in [0.25, 0.3) is 44.1 Å². The largest absolute Gasteiger partial charge is 0.310 e. The number of amidine groups is 1. The lowest BCUT2D eigenvalue weighted by Crippen LogP contribution is -2.39. The molecule has 1 aliphatic rings. The van der Waals surface area contributed by atoms with Crippen molar-refractivity contribution < 1.29 is 0 Å². The van der Waals surface area contributed by atoms with E-state index in [-0.39, 0.29) is 5.92 Å². The number of benzene rings is 8. The van der Waals surface area contributed by atoms with E-state index in [2.05, 4.69) is 210 Å². The third-order valence-electron chi connectivity index (χ3n) is 10.8. The summed E-state index contributed by atoms with van der Waals surface area (Å²) in [7, 11) is 0. The van der Waals surface area contributed by atoms with E-state index < -0.39 is 6.17 Å². The summed E-state index contributed by atoms with van der Waals surface area (Å²) < 4.78 is 2.37. The molecular formula is C52H38N4. The molecule has 1 aliphatic heterocycles. The molecule has 1 N–H and O–H groups in total. The second kappa shape index (κ2) is 14.5. The first kappa shape index (κ1) is 33.3. The molecule has 1 atom stereocenters. The fourth-order valence-corrected chi connectivity index (χ4v) is 8.21. The predicted octanol–water partition coefficient (Wildman–Crippen LogP) is 12.3. The molecule has 266 valence electrons. The van der Waals surface area contributed by atoms with Gasteiger partial charge in [-0.1, -0.05) is 200 Å². The van der Waals surface area contributed by atoms with Crippen molar-refractivity contribution in [3.63, 3.8) is 0 Å². The molecule has 0 aliphatic carbocycles. The van der Waals surface area contributed by atoms with Gasteiger partial charge in [0, 0.05) is 22.3 Å². The van der Waals surface area contributed by atoms with Crippen LogP contribution in [0.3, 0.4) is 0 Å². The number of fused-ring (bicyclic) bond motifs is 3. The zero-order chi connectivity index (χ0) is 37.3. The number of nitrogens with one attached hydrogen (secondary N) is 1. The molecule has 0 spiro atoms. The van der Waals surface area contributed by atoms with Gasteiger partial charge in [-0.05, 0) is 56.6 Å². The van der Waals surface area contributed by atoms with Crippen molar-refractivity contribution in [1.29, 1.82) is 0 Å². The summed E-state index contributed by atoms with van der Waals surface area (Å²) in [6, 6.07) is 75.5. The number of hydrogen-bond acceptors (Lipinski definition) is 3. The van der Waals surface area contributed by atoms with E-state index in [0.29, 0.717) is 0 Å². The minimum atomic E-state index is -0.446. The third-order valence-corrected chi connectivity index (χ3v) is 10.8. The number of aromatic nitrogens is 1. The lowest BCUT2D eigenvalue weighted by Gasteiger charge is -2.27. The van der Waals surface area contributed by atoms with Gasteiger partial charge in [0.25, 0.3) is 0 Å². The van der Waals surface area contributed by atoms with Crippen molar-refractivity contribution in [3.8, 4) is 22.3 Å². The van der Waals surface area contributed by atoms with Gasteiger partial charge in [-0.2, -0.15) is 0 Å². The topological polar surface area (TPSA) is 41.7 Å². The van der Waals surface area contributed by atoms with Crippen molar-refractivity contribution in [2.45, 2.75) is 12.1 Å². The molecule has 4 nitrogen and oxygen atoms in total. The van der Waals surface area contributed by atoms with E-state index in [0.717, 1.165) is 50.3 Å². The Morgan fingerprint density at radius 3 is 1.59 bits per heavy atom. The minimum absolute atomic E-state index is 0.0932. The molecule has 10 rings (SSSR count). The third kappa shape index (κ3) is 6.08. The highest BCUT2D eigenvalue weighted by Gasteiger charge is 2.30. The summed E-state index contributed by atoms with van der Waals surface area (Å²) in [6.07, 6.45) is -0.446. The van der Waals surface area contributed by atoms with Crippen LogP contribution in [0.5, 0.6) is 0 Å². The second-order valence-electron chi connectivity index (χ2n) is 14.2. The van der Waals surface area contributed by atoms with Gasteiger partial charge in [-0.25, -0.2) is 9.98 Å². The predicted molar refractivity (Wildman–Crippen MR) is 232 cm³/mol. The lowest BCUT2D eigenvalue weighted by atomic mass is 9.80. The molecule has 0 radical (unpaired) electrons. The van der Waals surface area contributed by atoms with Crippen molar-refractivity contribution in [1.82, 2.24) is 9.88 Å². The quantitative estimate of drug-likeness (QED) is 0.164. The van der Waals surface area contributed by atoms with Crippen molar-refractivity contribution >= 4 is 33.6 Å². The van der Waals surface area contributed by atoms with Crippen LogP contribution in [0.4, 0.5) is 0 Å². The van der Waals surface area contributed by atoms with Crippen molar-refractivity contribution in [2.75, 3.05) is 0 Å². The molecule has 0 amide bonds. The smallest absolute Gasteiger partial charge is 0.211 e. The number of hydrogen-bond donors (Lipinski definition) is 1. The van der Waals surface area contributed by atoms with Gasteiger partial charge in [0.1, 0.15) is 5.84 Å². The molecule has 1 aromatic heterocycles. The zero-order valence-electron chi connectivity index (χ0n) is 30.7. The Morgan fingerprint density at radius 1 is 0.446 bits per heavy atom. The fourth-order valence-electron chi connectivity index (χ4n) is 8.21. The number of aliphatic imine (C=N–C) groups is 2. The summed E-state index contributed by atoms with van der Waals surface area (Å²) in [5, 5.41) is 6.09. The van der Waals surface area contributed by atoms with Crippen LogP contribution in [0.15, 0.2) is 222 Å². The molecule has 1 unspecified atom stereocenters. The summed E-state index contributed by atoms with van der Waals surface area (Å²) in [4.78, 5) is 10.7. The minimum Gasteiger partial charge on any atom is -0.310 e. The summed E-state index contributed by atoms with van der Waals surface area (Å²) in [5.41, 5.74) is 12.6. The highest BCUT2D eigenvalue weighted by Crippen LogP contribution is 2.45. The highest BCUT2D eigenvalue weighted by molar-refractivity contribution is 6.20. The fraction of sp³-hybridized carbons (Fsp3) is 0.0385. The normalized spacial score (nSPS) is 14.1. The average Bonchev–Trinajstić information content (AvgIpc) is 3.62. The zero-order valence-corrected chi connectivity index (χ0v) is 30.7. The van der Waals surface area contributed by atoms with Crippen LogP contribution in [0.1, 0.15) is 39.9 Å². The molecule has 2 heterocycles. The first-order chi connectivity index (χ1) is 27.8. The van der Waals surface area contributed by atoms with E-state index in [1.54, 1.807) is 0 Å². The molecule has 0 bridgehead atoms. The maximum Gasteiger partial charge on any atom is 0.211 e. The maximum atomic E-state index is 5.48. The van der Waals surface area contributed by atoms with Gasteiger partial charge in [0.15, 0.2) is 6.17 Å². The van der Waals surface area contributed by atoms with E-state index >= 15 is 0 Å². The molecule has 0 fully saturated rings. The van der Waals surface area contributed by atoms with Crippen molar-refractivity contribution in [3.05, 3.63) is 240 Å². The Kier molecular flexibility index (Phi) is 8.62. The standard InChI is InChI=1S/C52H38N4/c1-7-19-36(20-8-1)42-31-34-46-45(35-42)44-33-32-43(37-21-9-2-10-22-37)48(47(38-23-11-3-12-24-38)39-25-13-4-14-26-39)49(44)56(46)52-54-50(40-27-15-5-16-28-40)53-51(55-52)41-29-17-6-18-30-41/h1-35,47,50H,(H,53,54,55). The average molecular weight is 719 g/mol. The SMILES string of the molecule is c1ccc(C2=NC(c3ccccc3)N=C(n3c4ccc(-c5ccccc5)cc4c4ccc(-c5ccccc5)c(C(c5ccccc5)c5ccccc5)c43)N2)cc1. The lowest BCUT2D eigenvalue weighted by molar-refractivity contribution is 0.745. The van der Waals surface area contributed by atoms with Crippen LogP contribution in [-0.4, -0.2) is 16.4 Å². The molecular weight excluding hydrogens is 681 g/mol. The maximum absolute atomic E-state index is 5.48. The second-order valence-corrected chi connectivity index (χ2v) is 14.2. The van der Waals surface area contributed by atoms with Crippen LogP contribution in [0.2, 0.25) is 0 Å². The Labute approximate surface area is 326 Å². The van der Waals surface area contributed by atoms with E-state index in [9.17, 15) is 0 Å². The van der Waals surface area contributed by atoms with E-state index in [4.69, 9.17) is 9.98 Å². The van der Waals surface area contributed by atoms with E-state index in [1.165, 1.54) is 33.4 Å². The first-order valence-electron chi connectivity index (χ1n) is 19.2. The van der Waals surface area contributed by atoms with Crippen LogP contribution >= 0.6 is 0 Å². The van der Waals surface area contributed by atoms with Gasteiger partial charge in [-0.15, -0.1) is 0 Å². The summed E-state index contributed by atoms with van der Waals surface area (Å²) in [6.45, 7) is 0. The highest BCUT2D eigenvalue weighted by atomic mass is 15.3. The van der Waals surface area contributed by atoms with E-state index in [1.807, 2.05) is 12.1 Å². The monoisotopic (exact) mass is 718 g/mol. The molecule has 9 aromatic rings. The molecule has 0 saturated carbocycles. The van der Waals surface area contributed by atoms with Crippen LogP contribution in [-0.2, 0) is 0 Å². The Balaban J connectivity index is 1.34. The molecule has 56 heavy (non-hydrogen) atoms. The van der Waals surface area contributed by atoms with Crippen LogP contribution < -0.4 is 5.32 Å². The van der Waals surface area contributed by atoms with Crippen molar-refractivity contribution in [2.24, 2.45) is 9.98 Å². The van der Waals surface area contributed by atoms with Gasteiger partial charge in [0.2, 0.25) is 5.96 Å². The van der Waals surface area contributed by atoms with Gasteiger partial charge < -0.3 is 5.32 Å². The van der Waals surface area contributed by atoms with Crippen LogP contribution in [0, 0.1) is 0 Å². The molecule has 8 aromatic carbocycles. The summed E-state index contributed by atoms with van der Waals surface area (Å²) >= 11 is 0. The number of nitrogens with zero attached hydrogens (tertiary/aromatic N) is 3. The van der Waals surface area contributed by atoms with Gasteiger partial charge in [0.05, 0.1) is 11.0 Å². The van der Waals surface area contributed by atoms with Gasteiger partial charge in [-0.3, -0.25) is 4.57 Å². The Bertz CT molecular complexity index is 2810. The first-order valence-corrected chi connectivity index (χ1v) is 19.2. The van der Waals surface area contributed by atoms with Gasteiger partial charge >= 0.3 is 0 Å². The number of rotatable bonds is 7. The summed E-state index contributed by atoms with van der Waals surface area (Å²) in [5.74, 6) is 1.42.